The van der Waals surface area contributed by atoms with Crippen molar-refractivity contribution in [1.82, 2.24) is 0 Å². The zero-order valence-corrected chi connectivity index (χ0v) is 8.85. The van der Waals surface area contributed by atoms with Gasteiger partial charge in [0.2, 0.25) is 0 Å². The molecule has 1 aliphatic rings. The fourth-order valence-corrected chi connectivity index (χ4v) is 2.07. The molecule has 2 N–H and O–H groups in total. The van der Waals surface area contributed by atoms with Gasteiger partial charge >= 0.3 is 5.97 Å². The van der Waals surface area contributed by atoms with E-state index in [1.165, 1.54) is 6.07 Å². The van der Waals surface area contributed by atoms with Crippen LogP contribution in [0.3, 0.4) is 0 Å². The molecule has 1 fully saturated rings. The normalized spacial score (nSPS) is 25.3. The Kier molecular flexibility index (Phi) is 2.94. The molecule has 1 unspecified atom stereocenters. The van der Waals surface area contributed by atoms with Crippen LogP contribution in [-0.4, -0.2) is 29.4 Å². The van der Waals surface area contributed by atoms with Crippen molar-refractivity contribution in [3.8, 4) is 0 Å². The lowest BCUT2D eigenvalue weighted by molar-refractivity contribution is -0.0906. The van der Waals surface area contributed by atoms with Crippen molar-refractivity contribution in [2.45, 2.75) is 18.4 Å². The van der Waals surface area contributed by atoms with Crippen LogP contribution in [-0.2, 0) is 10.3 Å². The Bertz CT molecular complexity index is 394. The lowest BCUT2D eigenvalue weighted by atomic mass is 9.85. The molecule has 0 bridgehead atoms. The molecule has 0 saturated carbocycles. The maximum Gasteiger partial charge on any atom is 0.336 e. The quantitative estimate of drug-likeness (QED) is 0.793. The molecule has 1 saturated heterocycles. The SMILES string of the molecule is O=C(O)c1ccccc1C1(O)CCCOC1. The zero-order chi connectivity index (χ0) is 11.6. The second kappa shape index (κ2) is 4.23. The molecule has 4 heteroatoms. The summed E-state index contributed by atoms with van der Waals surface area (Å²) in [4.78, 5) is 11.1. The zero-order valence-electron chi connectivity index (χ0n) is 8.85. The first-order chi connectivity index (χ1) is 7.63. The van der Waals surface area contributed by atoms with E-state index in [2.05, 4.69) is 0 Å². The number of ether oxygens (including phenoxy) is 1. The number of rotatable bonds is 2. The number of carboxylic acids is 1. The van der Waals surface area contributed by atoms with Crippen molar-refractivity contribution < 1.29 is 19.7 Å². The maximum atomic E-state index is 11.1. The van der Waals surface area contributed by atoms with Crippen molar-refractivity contribution in [3.05, 3.63) is 35.4 Å². The Morgan fingerprint density at radius 1 is 1.38 bits per heavy atom. The number of benzene rings is 1. The van der Waals surface area contributed by atoms with Crippen LogP contribution >= 0.6 is 0 Å². The number of aliphatic hydroxyl groups is 1. The molecule has 0 amide bonds. The van der Waals surface area contributed by atoms with Crippen LogP contribution < -0.4 is 0 Å². The molecule has 1 aliphatic heterocycles. The molecular weight excluding hydrogens is 208 g/mol. The summed E-state index contributed by atoms with van der Waals surface area (Å²) in [6.45, 7) is 0.787. The average molecular weight is 222 g/mol. The first-order valence-electron chi connectivity index (χ1n) is 5.26. The monoisotopic (exact) mass is 222 g/mol. The Hall–Kier alpha value is -1.39. The number of carboxylic acid groups (broad SMARTS) is 1. The van der Waals surface area contributed by atoms with E-state index < -0.39 is 11.6 Å². The predicted octanol–water partition coefficient (Wildman–Crippen LogP) is 1.38. The summed E-state index contributed by atoms with van der Waals surface area (Å²) in [5.74, 6) is -1.02. The molecule has 0 aromatic heterocycles. The van der Waals surface area contributed by atoms with Crippen molar-refractivity contribution in [2.75, 3.05) is 13.2 Å². The van der Waals surface area contributed by atoms with E-state index in [0.29, 0.717) is 18.6 Å². The van der Waals surface area contributed by atoms with Crippen LogP contribution in [0.5, 0.6) is 0 Å². The van der Waals surface area contributed by atoms with Crippen LogP contribution in [0.15, 0.2) is 24.3 Å². The lowest BCUT2D eigenvalue weighted by Gasteiger charge is -2.33. The molecule has 2 rings (SSSR count). The summed E-state index contributed by atoms with van der Waals surface area (Å²) < 4.78 is 5.23. The number of hydrogen-bond donors (Lipinski definition) is 2. The molecule has 0 radical (unpaired) electrons. The van der Waals surface area contributed by atoms with Crippen LogP contribution in [0.1, 0.15) is 28.8 Å². The molecular formula is C12H14O4. The van der Waals surface area contributed by atoms with Crippen LogP contribution in [0.25, 0.3) is 0 Å². The van der Waals surface area contributed by atoms with Gasteiger partial charge in [0.1, 0.15) is 5.60 Å². The van der Waals surface area contributed by atoms with Crippen molar-refractivity contribution >= 4 is 5.97 Å². The smallest absolute Gasteiger partial charge is 0.336 e. The summed E-state index contributed by atoms with van der Waals surface area (Å²) in [7, 11) is 0. The van der Waals surface area contributed by atoms with E-state index in [9.17, 15) is 9.90 Å². The first-order valence-corrected chi connectivity index (χ1v) is 5.26. The minimum atomic E-state index is -1.16. The van der Waals surface area contributed by atoms with Crippen molar-refractivity contribution in [3.63, 3.8) is 0 Å². The summed E-state index contributed by atoms with van der Waals surface area (Å²) in [6.07, 6.45) is 1.28. The summed E-state index contributed by atoms with van der Waals surface area (Å²) in [5.41, 5.74) is -0.564. The van der Waals surface area contributed by atoms with Crippen LogP contribution in [0.4, 0.5) is 0 Å². The second-order valence-electron chi connectivity index (χ2n) is 4.04. The first kappa shape index (κ1) is 11.1. The van der Waals surface area contributed by atoms with Gasteiger partial charge in [-0.2, -0.15) is 0 Å². The Balaban J connectivity index is 2.42. The molecule has 4 nitrogen and oxygen atoms in total. The standard InChI is InChI=1S/C12H14O4/c13-11(14)9-4-1-2-5-10(9)12(15)6-3-7-16-8-12/h1-2,4-5,15H,3,6-8H2,(H,13,14). The highest BCUT2D eigenvalue weighted by atomic mass is 16.5. The average Bonchev–Trinajstić information content (AvgIpc) is 2.30. The maximum absolute atomic E-state index is 11.1. The molecule has 0 spiro atoms. The molecule has 1 aromatic carbocycles. The number of aromatic carboxylic acids is 1. The summed E-state index contributed by atoms with van der Waals surface area (Å²) in [5, 5.41) is 19.4. The van der Waals surface area contributed by atoms with Gasteiger partial charge in [-0.15, -0.1) is 0 Å². The summed E-state index contributed by atoms with van der Waals surface area (Å²) in [6, 6.07) is 6.54. The second-order valence-corrected chi connectivity index (χ2v) is 4.04. The lowest BCUT2D eigenvalue weighted by Crippen LogP contribution is -2.37. The van der Waals surface area contributed by atoms with E-state index in [-0.39, 0.29) is 12.2 Å². The van der Waals surface area contributed by atoms with Gasteiger partial charge in [-0.3, -0.25) is 0 Å². The minimum Gasteiger partial charge on any atom is -0.478 e. The molecule has 0 aliphatic carbocycles. The third-order valence-corrected chi connectivity index (χ3v) is 2.88. The van der Waals surface area contributed by atoms with E-state index in [1.54, 1.807) is 18.2 Å². The van der Waals surface area contributed by atoms with Crippen molar-refractivity contribution in [1.29, 1.82) is 0 Å². The number of carbonyl (C=O) groups is 1. The summed E-state index contributed by atoms with van der Waals surface area (Å²) >= 11 is 0. The molecule has 1 atom stereocenters. The van der Waals surface area contributed by atoms with Gasteiger partial charge in [-0.05, 0) is 18.9 Å². The predicted molar refractivity (Wildman–Crippen MR) is 57.4 cm³/mol. The van der Waals surface area contributed by atoms with Crippen LogP contribution in [0, 0.1) is 0 Å². The molecule has 86 valence electrons. The van der Waals surface area contributed by atoms with E-state index in [0.717, 1.165) is 6.42 Å². The van der Waals surface area contributed by atoms with Crippen LogP contribution in [0.2, 0.25) is 0 Å². The Morgan fingerprint density at radius 3 is 2.75 bits per heavy atom. The molecule has 1 aromatic rings. The topological polar surface area (TPSA) is 66.8 Å². The Labute approximate surface area is 93.5 Å². The highest BCUT2D eigenvalue weighted by Gasteiger charge is 2.35. The van der Waals surface area contributed by atoms with E-state index in [1.807, 2.05) is 0 Å². The van der Waals surface area contributed by atoms with Gasteiger partial charge in [0.15, 0.2) is 0 Å². The van der Waals surface area contributed by atoms with E-state index in [4.69, 9.17) is 9.84 Å². The largest absolute Gasteiger partial charge is 0.478 e. The Morgan fingerprint density at radius 2 is 2.12 bits per heavy atom. The van der Waals surface area contributed by atoms with Gasteiger partial charge in [0.25, 0.3) is 0 Å². The van der Waals surface area contributed by atoms with Crippen molar-refractivity contribution in [2.24, 2.45) is 0 Å². The third-order valence-electron chi connectivity index (χ3n) is 2.88. The fraction of sp³-hybridized carbons (Fsp3) is 0.417. The minimum absolute atomic E-state index is 0.149. The van der Waals surface area contributed by atoms with Gasteiger partial charge in [0, 0.05) is 12.2 Å². The van der Waals surface area contributed by atoms with Gasteiger partial charge in [0.05, 0.1) is 12.2 Å². The third kappa shape index (κ3) is 1.94. The molecule has 1 heterocycles. The van der Waals surface area contributed by atoms with Gasteiger partial charge in [-0.25, -0.2) is 4.79 Å². The van der Waals surface area contributed by atoms with E-state index >= 15 is 0 Å². The van der Waals surface area contributed by atoms with Gasteiger partial charge < -0.3 is 14.9 Å². The molecule has 16 heavy (non-hydrogen) atoms. The highest BCUT2D eigenvalue weighted by Crippen LogP contribution is 2.32. The number of hydrogen-bond acceptors (Lipinski definition) is 3. The highest BCUT2D eigenvalue weighted by molar-refractivity contribution is 5.89. The van der Waals surface area contributed by atoms with Gasteiger partial charge in [-0.1, -0.05) is 18.2 Å². The fourth-order valence-electron chi connectivity index (χ4n) is 2.07.